The minimum Gasteiger partial charge on any atom is -0.492 e. The summed E-state index contributed by atoms with van der Waals surface area (Å²) in [6.45, 7) is 4.53. The van der Waals surface area contributed by atoms with Gasteiger partial charge in [-0.25, -0.2) is 9.98 Å². The topological polar surface area (TPSA) is 78.8 Å². The first-order valence-corrected chi connectivity index (χ1v) is 12.5. The lowest BCUT2D eigenvalue weighted by Gasteiger charge is -2.20. The van der Waals surface area contributed by atoms with E-state index in [0.29, 0.717) is 22.7 Å². The van der Waals surface area contributed by atoms with Crippen LogP contribution in [0.4, 0.5) is 5.69 Å². The molecular formula is C23H29N5O2S2. The minimum atomic E-state index is -0.124. The third-order valence-electron chi connectivity index (χ3n) is 5.27. The molecule has 0 aliphatic carbocycles. The molecule has 1 aromatic heterocycles. The standard InChI is InChI=1S/C23H29N5O2S2/c1-15-12-16(30-11-10-28(2)3)7-8-18(15)26-23-27-21(29)20(32-23)13-17-14-25-22(31-17)19-6-4-5-9-24-19/h7-8,12-14,19,24H,4-6,9-11H2,1-3H3,(H,26,27,29). The van der Waals surface area contributed by atoms with Crippen LogP contribution in [0.15, 0.2) is 34.3 Å². The Labute approximate surface area is 197 Å². The summed E-state index contributed by atoms with van der Waals surface area (Å²) < 4.78 is 5.79. The Morgan fingerprint density at radius 1 is 1.34 bits per heavy atom. The van der Waals surface area contributed by atoms with Crippen molar-refractivity contribution in [3.8, 4) is 5.75 Å². The second kappa shape index (κ2) is 10.6. The van der Waals surface area contributed by atoms with Crippen LogP contribution >= 0.6 is 23.1 Å². The van der Waals surface area contributed by atoms with Crippen LogP contribution in [-0.2, 0) is 4.79 Å². The van der Waals surface area contributed by atoms with Crippen molar-refractivity contribution in [2.75, 3.05) is 33.8 Å². The van der Waals surface area contributed by atoms with Gasteiger partial charge < -0.3 is 20.3 Å². The zero-order valence-corrected chi connectivity index (χ0v) is 20.3. The van der Waals surface area contributed by atoms with Crippen molar-refractivity contribution in [1.82, 2.24) is 20.5 Å². The number of amidine groups is 1. The number of thiazole rings is 1. The summed E-state index contributed by atoms with van der Waals surface area (Å²) in [4.78, 5) is 25.4. The number of benzene rings is 1. The first-order valence-electron chi connectivity index (χ1n) is 10.8. The van der Waals surface area contributed by atoms with Crippen LogP contribution in [-0.4, -0.2) is 54.8 Å². The van der Waals surface area contributed by atoms with E-state index in [9.17, 15) is 4.79 Å². The molecule has 9 heteroatoms. The molecule has 1 amide bonds. The number of ether oxygens (including phenoxy) is 1. The highest BCUT2D eigenvalue weighted by atomic mass is 32.2. The Hall–Kier alpha value is -2.20. The van der Waals surface area contributed by atoms with Crippen LogP contribution in [0.2, 0.25) is 0 Å². The van der Waals surface area contributed by atoms with Crippen LogP contribution in [0.3, 0.4) is 0 Å². The molecule has 170 valence electrons. The number of carbonyl (C=O) groups is 1. The Morgan fingerprint density at radius 2 is 2.22 bits per heavy atom. The number of amides is 1. The number of hydrogen-bond acceptors (Lipinski definition) is 8. The highest BCUT2D eigenvalue weighted by molar-refractivity contribution is 8.18. The maximum absolute atomic E-state index is 12.5. The first-order chi connectivity index (χ1) is 15.5. The smallest absolute Gasteiger partial charge is 0.264 e. The number of rotatable bonds is 7. The number of aliphatic imine (C=N–C) groups is 1. The van der Waals surface area contributed by atoms with Crippen molar-refractivity contribution >= 4 is 45.9 Å². The van der Waals surface area contributed by atoms with Crippen molar-refractivity contribution in [3.05, 3.63) is 44.7 Å². The third-order valence-corrected chi connectivity index (χ3v) is 7.24. The van der Waals surface area contributed by atoms with Crippen LogP contribution in [0, 0.1) is 6.92 Å². The molecule has 0 radical (unpaired) electrons. The molecule has 32 heavy (non-hydrogen) atoms. The normalized spacial score (nSPS) is 21.5. The molecule has 2 saturated heterocycles. The number of aryl methyl sites for hydroxylation is 1. The molecule has 4 rings (SSSR count). The Bertz CT molecular complexity index is 1030. The van der Waals surface area contributed by atoms with Gasteiger partial charge in [0.1, 0.15) is 17.4 Å². The van der Waals surface area contributed by atoms with E-state index in [-0.39, 0.29) is 5.91 Å². The second-order valence-electron chi connectivity index (χ2n) is 8.19. The average molecular weight is 472 g/mol. The predicted molar refractivity (Wildman–Crippen MR) is 133 cm³/mol. The zero-order chi connectivity index (χ0) is 22.5. The van der Waals surface area contributed by atoms with Crippen LogP contribution in [0.25, 0.3) is 6.08 Å². The molecule has 1 atom stereocenters. The van der Waals surface area contributed by atoms with E-state index < -0.39 is 0 Å². The number of carbonyl (C=O) groups excluding carboxylic acids is 1. The number of thioether (sulfide) groups is 1. The van der Waals surface area contributed by atoms with E-state index >= 15 is 0 Å². The van der Waals surface area contributed by atoms with E-state index in [1.165, 1.54) is 24.6 Å². The van der Waals surface area contributed by atoms with Crippen molar-refractivity contribution < 1.29 is 9.53 Å². The van der Waals surface area contributed by atoms with Gasteiger partial charge >= 0.3 is 0 Å². The lowest BCUT2D eigenvalue weighted by Crippen LogP contribution is -2.26. The summed E-state index contributed by atoms with van der Waals surface area (Å²) >= 11 is 3.01. The third kappa shape index (κ3) is 5.98. The number of hydrogen-bond donors (Lipinski definition) is 2. The number of aromatic nitrogens is 1. The molecule has 0 spiro atoms. The second-order valence-corrected chi connectivity index (χ2v) is 10.3. The van der Waals surface area contributed by atoms with Crippen LogP contribution in [0.5, 0.6) is 5.75 Å². The lowest BCUT2D eigenvalue weighted by atomic mass is 10.1. The summed E-state index contributed by atoms with van der Waals surface area (Å²) in [5, 5.41) is 8.08. The van der Waals surface area contributed by atoms with E-state index in [2.05, 4.69) is 25.5 Å². The zero-order valence-electron chi connectivity index (χ0n) is 18.7. The monoisotopic (exact) mass is 471 g/mol. The number of nitrogens with zero attached hydrogens (tertiary/aromatic N) is 3. The Kier molecular flexibility index (Phi) is 7.62. The summed E-state index contributed by atoms with van der Waals surface area (Å²) in [6, 6.07) is 6.15. The van der Waals surface area contributed by atoms with Crippen molar-refractivity contribution in [3.63, 3.8) is 0 Å². The predicted octanol–water partition coefficient (Wildman–Crippen LogP) is 4.10. The van der Waals surface area contributed by atoms with Gasteiger partial charge in [-0.1, -0.05) is 6.42 Å². The molecule has 0 bridgehead atoms. The molecule has 2 N–H and O–H groups in total. The Morgan fingerprint density at radius 3 is 2.97 bits per heavy atom. The fourth-order valence-corrected chi connectivity index (χ4v) is 5.37. The van der Waals surface area contributed by atoms with Crippen molar-refractivity contribution in [2.45, 2.75) is 32.2 Å². The van der Waals surface area contributed by atoms with Gasteiger partial charge in [-0.2, -0.15) is 0 Å². The largest absolute Gasteiger partial charge is 0.492 e. The van der Waals surface area contributed by atoms with E-state index in [1.54, 1.807) is 11.3 Å². The summed E-state index contributed by atoms with van der Waals surface area (Å²) in [5.41, 5.74) is 1.82. The van der Waals surface area contributed by atoms with Gasteiger partial charge in [0.2, 0.25) is 0 Å². The van der Waals surface area contributed by atoms with E-state index in [0.717, 1.165) is 46.4 Å². The molecular weight excluding hydrogens is 442 g/mol. The molecule has 1 unspecified atom stereocenters. The van der Waals surface area contributed by atoms with Crippen molar-refractivity contribution in [2.24, 2.45) is 4.99 Å². The molecule has 2 fully saturated rings. The van der Waals surface area contributed by atoms with E-state index in [1.807, 2.05) is 51.5 Å². The first kappa shape index (κ1) is 23.0. The quantitative estimate of drug-likeness (QED) is 0.592. The van der Waals surface area contributed by atoms with Gasteiger partial charge in [-0.05, 0) is 82.0 Å². The van der Waals surface area contributed by atoms with Gasteiger partial charge in [0.25, 0.3) is 5.91 Å². The van der Waals surface area contributed by atoms with Gasteiger partial charge in [0.15, 0.2) is 5.17 Å². The van der Waals surface area contributed by atoms with Crippen molar-refractivity contribution in [1.29, 1.82) is 0 Å². The molecule has 1 aromatic carbocycles. The Balaban J connectivity index is 1.41. The molecule has 7 nitrogen and oxygen atoms in total. The maximum atomic E-state index is 12.5. The van der Waals surface area contributed by atoms with Gasteiger partial charge in [0.05, 0.1) is 16.6 Å². The highest BCUT2D eigenvalue weighted by Crippen LogP contribution is 2.33. The van der Waals surface area contributed by atoms with Gasteiger partial charge in [0, 0.05) is 17.6 Å². The fraction of sp³-hybridized carbons (Fsp3) is 0.435. The minimum absolute atomic E-state index is 0.124. The fourth-order valence-electron chi connectivity index (χ4n) is 3.50. The molecule has 3 heterocycles. The lowest BCUT2D eigenvalue weighted by molar-refractivity contribution is -0.115. The molecule has 2 aromatic rings. The van der Waals surface area contributed by atoms with Crippen LogP contribution in [0.1, 0.15) is 40.8 Å². The average Bonchev–Trinajstić information content (AvgIpc) is 3.37. The highest BCUT2D eigenvalue weighted by Gasteiger charge is 2.25. The maximum Gasteiger partial charge on any atom is 0.264 e. The molecule has 2 aliphatic heterocycles. The van der Waals surface area contributed by atoms with Gasteiger partial charge in [-0.15, -0.1) is 11.3 Å². The summed E-state index contributed by atoms with van der Waals surface area (Å²) in [6.07, 6.45) is 7.33. The molecule has 0 saturated carbocycles. The number of likely N-dealkylation sites (N-methyl/N-ethyl adjacent to an activating group) is 1. The summed E-state index contributed by atoms with van der Waals surface area (Å²) in [7, 11) is 4.04. The van der Waals surface area contributed by atoms with Gasteiger partial charge in [-0.3, -0.25) is 4.79 Å². The van der Waals surface area contributed by atoms with Crippen LogP contribution < -0.4 is 15.4 Å². The van der Waals surface area contributed by atoms with E-state index in [4.69, 9.17) is 4.74 Å². The summed E-state index contributed by atoms with van der Waals surface area (Å²) in [5.74, 6) is 0.700. The number of nitrogens with one attached hydrogen (secondary N) is 2. The SMILES string of the molecule is Cc1cc(OCCN(C)C)ccc1N=C1NC(=O)C(=Cc2cnc(C3CCCCN3)s2)S1. The molecule has 2 aliphatic rings. The number of piperidine rings is 1.